The molecule has 31 heavy (non-hydrogen) atoms. The number of ether oxygens (including phenoxy) is 1. The molecule has 0 aliphatic heterocycles. The zero-order valence-corrected chi connectivity index (χ0v) is 20.0. The van der Waals surface area contributed by atoms with Crippen LogP contribution in [0.15, 0.2) is 48.5 Å². The van der Waals surface area contributed by atoms with E-state index in [4.69, 9.17) is 4.74 Å². The molecule has 0 bridgehead atoms. The highest BCUT2D eigenvalue weighted by Gasteiger charge is 2.28. The number of amides is 2. The van der Waals surface area contributed by atoms with E-state index in [2.05, 4.69) is 30.4 Å². The molecule has 0 aliphatic rings. The number of rotatable bonds is 11. The number of carbonyl (C=O) groups is 2. The number of methoxy groups -OCH3 is 1. The van der Waals surface area contributed by atoms with E-state index in [0.29, 0.717) is 18.7 Å². The normalized spacial score (nSPS) is 11.8. The van der Waals surface area contributed by atoms with Crippen molar-refractivity contribution in [2.24, 2.45) is 0 Å². The van der Waals surface area contributed by atoms with Crippen LogP contribution in [0.1, 0.15) is 43.9 Å². The predicted octanol–water partition coefficient (Wildman–Crippen LogP) is 4.57. The van der Waals surface area contributed by atoms with Crippen LogP contribution in [0.5, 0.6) is 5.75 Å². The molecule has 2 aromatic carbocycles. The highest BCUT2D eigenvalue weighted by atomic mass is 32.2. The Bertz CT molecular complexity index is 869. The van der Waals surface area contributed by atoms with Crippen LogP contribution in [0.2, 0.25) is 0 Å². The van der Waals surface area contributed by atoms with E-state index in [1.165, 1.54) is 11.1 Å². The van der Waals surface area contributed by atoms with Gasteiger partial charge in [-0.15, -0.1) is 11.8 Å². The quantitative estimate of drug-likeness (QED) is 0.554. The van der Waals surface area contributed by atoms with Gasteiger partial charge in [0.2, 0.25) is 11.8 Å². The number of nitrogens with zero attached hydrogens (tertiary/aromatic N) is 1. The summed E-state index contributed by atoms with van der Waals surface area (Å²) in [6.45, 7) is 8.23. The SMILES string of the molecule is CC[C@@H](C(=O)NC(C)C)N(Cc1cccc(OC)c1)C(=O)CSCc1cccc(C)c1. The zero-order valence-electron chi connectivity index (χ0n) is 19.2. The smallest absolute Gasteiger partial charge is 0.243 e. The Balaban J connectivity index is 2.15. The summed E-state index contributed by atoms with van der Waals surface area (Å²) in [5.41, 5.74) is 3.34. The van der Waals surface area contributed by atoms with Crippen molar-refractivity contribution in [3.63, 3.8) is 0 Å². The van der Waals surface area contributed by atoms with E-state index in [1.807, 2.05) is 51.1 Å². The monoisotopic (exact) mass is 442 g/mol. The van der Waals surface area contributed by atoms with Crippen LogP contribution in [0.25, 0.3) is 0 Å². The molecule has 6 heteroatoms. The summed E-state index contributed by atoms with van der Waals surface area (Å²) in [5.74, 6) is 1.67. The van der Waals surface area contributed by atoms with Crippen molar-refractivity contribution in [2.45, 2.75) is 58.5 Å². The second kappa shape index (κ2) is 12.4. The molecule has 0 radical (unpaired) electrons. The average molecular weight is 443 g/mol. The third-order valence-corrected chi connectivity index (χ3v) is 5.87. The first-order valence-electron chi connectivity index (χ1n) is 10.7. The van der Waals surface area contributed by atoms with E-state index in [-0.39, 0.29) is 17.9 Å². The van der Waals surface area contributed by atoms with E-state index in [9.17, 15) is 9.59 Å². The number of benzene rings is 2. The number of aryl methyl sites for hydroxylation is 1. The first kappa shape index (κ1) is 24.8. The van der Waals surface area contributed by atoms with Crippen molar-refractivity contribution in [3.8, 4) is 5.75 Å². The van der Waals surface area contributed by atoms with E-state index in [1.54, 1.807) is 23.8 Å². The number of hydrogen-bond donors (Lipinski definition) is 1. The molecule has 2 rings (SSSR count). The van der Waals surface area contributed by atoms with Crippen LogP contribution >= 0.6 is 11.8 Å². The average Bonchev–Trinajstić information content (AvgIpc) is 2.73. The lowest BCUT2D eigenvalue weighted by atomic mass is 10.1. The minimum atomic E-state index is -0.513. The summed E-state index contributed by atoms with van der Waals surface area (Å²) in [5, 5.41) is 2.96. The van der Waals surface area contributed by atoms with Gasteiger partial charge in [0.1, 0.15) is 11.8 Å². The second-order valence-electron chi connectivity index (χ2n) is 7.94. The molecule has 1 N–H and O–H groups in total. The van der Waals surface area contributed by atoms with Gasteiger partial charge in [-0.3, -0.25) is 9.59 Å². The molecule has 1 atom stereocenters. The van der Waals surface area contributed by atoms with Crippen molar-refractivity contribution in [1.82, 2.24) is 10.2 Å². The Morgan fingerprint density at radius 2 is 1.81 bits per heavy atom. The van der Waals surface area contributed by atoms with E-state index < -0.39 is 6.04 Å². The van der Waals surface area contributed by atoms with Crippen molar-refractivity contribution < 1.29 is 14.3 Å². The maximum atomic E-state index is 13.2. The van der Waals surface area contributed by atoms with Gasteiger partial charge in [-0.25, -0.2) is 0 Å². The van der Waals surface area contributed by atoms with Crippen LogP contribution in [0, 0.1) is 6.92 Å². The Morgan fingerprint density at radius 1 is 1.10 bits per heavy atom. The van der Waals surface area contributed by atoms with Crippen LogP contribution in [-0.2, 0) is 21.9 Å². The minimum Gasteiger partial charge on any atom is -0.497 e. The predicted molar refractivity (Wildman–Crippen MR) is 128 cm³/mol. The molecule has 0 aromatic heterocycles. The Labute approximate surface area is 190 Å². The van der Waals surface area contributed by atoms with Gasteiger partial charge in [0, 0.05) is 18.3 Å². The lowest BCUT2D eigenvalue weighted by molar-refractivity contribution is -0.139. The highest BCUT2D eigenvalue weighted by molar-refractivity contribution is 7.99. The van der Waals surface area contributed by atoms with Gasteiger partial charge in [0.05, 0.1) is 12.9 Å². The van der Waals surface area contributed by atoms with Gasteiger partial charge >= 0.3 is 0 Å². The van der Waals surface area contributed by atoms with Crippen molar-refractivity contribution in [2.75, 3.05) is 12.9 Å². The summed E-state index contributed by atoms with van der Waals surface area (Å²) in [6.07, 6.45) is 0.552. The van der Waals surface area contributed by atoms with Crippen LogP contribution in [0.4, 0.5) is 0 Å². The first-order chi connectivity index (χ1) is 14.8. The lowest BCUT2D eigenvalue weighted by Gasteiger charge is -2.31. The van der Waals surface area contributed by atoms with Gasteiger partial charge in [0.15, 0.2) is 0 Å². The fourth-order valence-electron chi connectivity index (χ4n) is 3.41. The summed E-state index contributed by atoms with van der Waals surface area (Å²) in [6, 6.07) is 15.4. The molecule has 168 valence electrons. The zero-order chi connectivity index (χ0) is 22.8. The topological polar surface area (TPSA) is 58.6 Å². The third-order valence-electron chi connectivity index (χ3n) is 4.88. The van der Waals surface area contributed by atoms with Crippen LogP contribution < -0.4 is 10.1 Å². The van der Waals surface area contributed by atoms with Crippen LogP contribution in [0.3, 0.4) is 0 Å². The summed E-state index contributed by atoms with van der Waals surface area (Å²) >= 11 is 1.58. The largest absolute Gasteiger partial charge is 0.497 e. The molecule has 2 aromatic rings. The van der Waals surface area contributed by atoms with Crippen molar-refractivity contribution in [3.05, 3.63) is 65.2 Å². The van der Waals surface area contributed by atoms with Gasteiger partial charge in [0.25, 0.3) is 0 Å². The van der Waals surface area contributed by atoms with E-state index >= 15 is 0 Å². The number of thioether (sulfide) groups is 1. The van der Waals surface area contributed by atoms with Gasteiger partial charge < -0.3 is 15.0 Å². The maximum Gasteiger partial charge on any atom is 0.243 e. The number of nitrogens with one attached hydrogen (secondary N) is 1. The molecule has 0 fully saturated rings. The summed E-state index contributed by atoms with van der Waals surface area (Å²) < 4.78 is 5.32. The molecule has 0 spiro atoms. The third kappa shape index (κ3) is 7.94. The van der Waals surface area contributed by atoms with Crippen molar-refractivity contribution >= 4 is 23.6 Å². The Morgan fingerprint density at radius 3 is 2.45 bits per heavy atom. The molecule has 2 amide bonds. The summed E-state index contributed by atoms with van der Waals surface area (Å²) in [4.78, 5) is 27.8. The fourth-order valence-corrected chi connectivity index (χ4v) is 4.27. The maximum absolute atomic E-state index is 13.2. The molecule has 0 aliphatic carbocycles. The highest BCUT2D eigenvalue weighted by Crippen LogP contribution is 2.20. The minimum absolute atomic E-state index is 0.0195. The standard InChI is InChI=1S/C25H34N2O3S/c1-6-23(25(29)26-18(2)3)27(15-20-10-8-12-22(14-20)30-5)24(28)17-31-16-21-11-7-9-19(4)13-21/h7-14,18,23H,6,15-17H2,1-5H3,(H,26,29)/t23-/m0/s1. The fraction of sp³-hybridized carbons (Fsp3) is 0.440. The van der Waals surface area contributed by atoms with Crippen LogP contribution in [-0.4, -0.2) is 41.7 Å². The van der Waals surface area contributed by atoms with Gasteiger partial charge in [-0.1, -0.05) is 48.9 Å². The van der Waals surface area contributed by atoms with E-state index in [0.717, 1.165) is 17.1 Å². The number of carbonyl (C=O) groups excluding carboxylic acids is 2. The molecular formula is C25H34N2O3S. The van der Waals surface area contributed by atoms with Crippen molar-refractivity contribution in [1.29, 1.82) is 0 Å². The number of hydrogen-bond acceptors (Lipinski definition) is 4. The second-order valence-corrected chi connectivity index (χ2v) is 8.93. The molecule has 0 unspecified atom stereocenters. The summed E-state index contributed by atoms with van der Waals surface area (Å²) in [7, 11) is 1.62. The molecule has 5 nitrogen and oxygen atoms in total. The molecule has 0 saturated heterocycles. The molecule has 0 saturated carbocycles. The Hall–Kier alpha value is -2.47. The first-order valence-corrected chi connectivity index (χ1v) is 11.9. The lowest BCUT2D eigenvalue weighted by Crippen LogP contribution is -2.50. The molecule has 0 heterocycles. The van der Waals surface area contributed by atoms with Gasteiger partial charge in [-0.05, 0) is 50.5 Å². The Kier molecular flexibility index (Phi) is 9.92. The molecular weight excluding hydrogens is 408 g/mol. The van der Waals surface area contributed by atoms with Gasteiger partial charge in [-0.2, -0.15) is 0 Å².